The molecule has 2 nitrogen and oxygen atoms in total. The maximum Gasteiger partial charge on any atom is 0.0742 e. The lowest BCUT2D eigenvalue weighted by atomic mass is 10.4. The van der Waals surface area contributed by atoms with Crippen LogP contribution in [0.25, 0.3) is 6.20 Å². The maximum absolute atomic E-state index is 4.18. The second-order valence-electron chi connectivity index (χ2n) is 2.11. The van der Waals surface area contributed by atoms with Gasteiger partial charge in [0.1, 0.15) is 0 Å². The molecule has 1 heterocycles. The van der Waals surface area contributed by atoms with Gasteiger partial charge in [-0.05, 0) is 29.8 Å². The van der Waals surface area contributed by atoms with E-state index >= 15 is 0 Å². The number of aromatic nitrogens is 2. The van der Waals surface area contributed by atoms with E-state index in [0.29, 0.717) is 0 Å². The predicted molar refractivity (Wildman–Crippen MR) is 45.8 cm³/mol. The highest BCUT2D eigenvalue weighted by molar-refractivity contribution is 9.10. The lowest BCUT2D eigenvalue weighted by molar-refractivity contribution is 0.882. The zero-order valence-electron chi connectivity index (χ0n) is 6.06. The lowest BCUT2D eigenvalue weighted by Gasteiger charge is -1.91. The third-order valence-corrected chi connectivity index (χ3v) is 2.56. The fraction of sp³-hybridized carbons (Fsp3) is 0.286. The third kappa shape index (κ3) is 1.01. The highest BCUT2D eigenvalue weighted by atomic mass is 79.9. The van der Waals surface area contributed by atoms with Crippen molar-refractivity contribution in [1.29, 1.82) is 0 Å². The predicted octanol–water partition coefficient (Wildman–Crippen LogP) is 2.36. The van der Waals surface area contributed by atoms with Crippen molar-refractivity contribution >= 4 is 22.1 Å². The Morgan fingerprint density at radius 1 is 1.60 bits per heavy atom. The van der Waals surface area contributed by atoms with Crippen LogP contribution in [0.2, 0.25) is 0 Å². The van der Waals surface area contributed by atoms with Crippen molar-refractivity contribution in [2.75, 3.05) is 0 Å². The largest absolute Gasteiger partial charge is 0.245 e. The summed E-state index contributed by atoms with van der Waals surface area (Å²) in [5, 5.41) is 4.18. The molecule has 1 aromatic heterocycles. The van der Waals surface area contributed by atoms with Crippen LogP contribution in [0.5, 0.6) is 0 Å². The number of hydrogen-bond acceptors (Lipinski definition) is 1. The Morgan fingerprint density at radius 2 is 2.20 bits per heavy atom. The molecule has 0 amide bonds. The Morgan fingerprint density at radius 3 is 2.40 bits per heavy atom. The second-order valence-corrected chi connectivity index (χ2v) is 2.90. The van der Waals surface area contributed by atoms with Crippen molar-refractivity contribution in [1.82, 2.24) is 9.78 Å². The van der Waals surface area contributed by atoms with Crippen molar-refractivity contribution in [3.05, 3.63) is 22.4 Å². The average molecular weight is 201 g/mol. The highest BCUT2D eigenvalue weighted by Crippen LogP contribution is 2.19. The zero-order valence-corrected chi connectivity index (χ0v) is 7.64. The Labute approximate surface area is 68.7 Å². The normalized spacial score (nSPS) is 9.90. The molecule has 1 rings (SSSR count). The third-order valence-electron chi connectivity index (χ3n) is 1.41. The zero-order chi connectivity index (χ0) is 7.72. The van der Waals surface area contributed by atoms with Gasteiger partial charge in [0.2, 0.25) is 0 Å². The van der Waals surface area contributed by atoms with Crippen LogP contribution in [0.4, 0.5) is 0 Å². The molecule has 10 heavy (non-hydrogen) atoms. The van der Waals surface area contributed by atoms with Gasteiger partial charge >= 0.3 is 0 Å². The summed E-state index contributed by atoms with van der Waals surface area (Å²) < 4.78 is 2.81. The molecule has 0 unspecified atom stereocenters. The minimum Gasteiger partial charge on any atom is -0.245 e. The van der Waals surface area contributed by atoms with Crippen LogP contribution in [0.1, 0.15) is 11.4 Å². The van der Waals surface area contributed by atoms with Gasteiger partial charge in [0.15, 0.2) is 0 Å². The SMILES string of the molecule is C=Cn1nc(C)c(Br)c1C. The first-order valence-corrected chi connectivity index (χ1v) is 3.80. The molecule has 0 saturated heterocycles. The van der Waals surface area contributed by atoms with Gasteiger partial charge in [-0.15, -0.1) is 0 Å². The van der Waals surface area contributed by atoms with Crippen molar-refractivity contribution in [2.24, 2.45) is 0 Å². The Balaban J connectivity index is 3.30. The standard InChI is InChI=1S/C7H9BrN2/c1-4-10-6(3)7(8)5(2)9-10/h4H,1H2,2-3H3. The summed E-state index contributed by atoms with van der Waals surface area (Å²) in [7, 11) is 0. The van der Waals surface area contributed by atoms with E-state index < -0.39 is 0 Å². The van der Waals surface area contributed by atoms with E-state index in [4.69, 9.17) is 0 Å². The molecule has 0 spiro atoms. The summed E-state index contributed by atoms with van der Waals surface area (Å²) in [4.78, 5) is 0. The van der Waals surface area contributed by atoms with Gasteiger partial charge in [-0.3, -0.25) is 0 Å². The van der Waals surface area contributed by atoms with Crippen LogP contribution in [0, 0.1) is 13.8 Å². The summed E-state index contributed by atoms with van der Waals surface area (Å²) in [6.45, 7) is 7.57. The van der Waals surface area contributed by atoms with Crippen molar-refractivity contribution in [2.45, 2.75) is 13.8 Å². The number of rotatable bonds is 1. The molecular weight excluding hydrogens is 192 g/mol. The van der Waals surface area contributed by atoms with Gasteiger partial charge < -0.3 is 0 Å². The minimum absolute atomic E-state index is 0.998. The van der Waals surface area contributed by atoms with Crippen LogP contribution in [0.15, 0.2) is 11.1 Å². The molecule has 0 aliphatic rings. The summed E-state index contributed by atoms with van der Waals surface area (Å²) in [6.07, 6.45) is 1.69. The van der Waals surface area contributed by atoms with Crippen LogP contribution < -0.4 is 0 Å². The molecule has 0 atom stereocenters. The van der Waals surface area contributed by atoms with Gasteiger partial charge in [-0.25, -0.2) is 4.68 Å². The quantitative estimate of drug-likeness (QED) is 0.681. The van der Waals surface area contributed by atoms with E-state index in [2.05, 4.69) is 27.6 Å². The van der Waals surface area contributed by atoms with Gasteiger partial charge in [0, 0.05) is 6.20 Å². The molecule has 0 aliphatic heterocycles. The second kappa shape index (κ2) is 2.58. The first-order chi connectivity index (χ1) is 4.66. The average Bonchev–Trinajstić information content (AvgIpc) is 2.17. The molecule has 0 bridgehead atoms. The maximum atomic E-state index is 4.18. The fourth-order valence-electron chi connectivity index (χ4n) is 0.821. The van der Waals surface area contributed by atoms with E-state index in [-0.39, 0.29) is 0 Å². The topological polar surface area (TPSA) is 17.8 Å². The number of aryl methyl sites for hydroxylation is 1. The van der Waals surface area contributed by atoms with Crippen LogP contribution in [-0.2, 0) is 0 Å². The molecule has 0 saturated carbocycles. The molecule has 0 fully saturated rings. The van der Waals surface area contributed by atoms with Gasteiger partial charge in [0.05, 0.1) is 15.9 Å². The first kappa shape index (κ1) is 7.54. The monoisotopic (exact) mass is 200 g/mol. The van der Waals surface area contributed by atoms with Crippen LogP contribution in [0.3, 0.4) is 0 Å². The van der Waals surface area contributed by atoms with E-state index in [9.17, 15) is 0 Å². The van der Waals surface area contributed by atoms with Gasteiger partial charge in [-0.1, -0.05) is 6.58 Å². The number of hydrogen-bond donors (Lipinski definition) is 0. The molecule has 0 N–H and O–H groups in total. The van der Waals surface area contributed by atoms with E-state index in [1.807, 2.05) is 13.8 Å². The van der Waals surface area contributed by atoms with E-state index in [1.165, 1.54) is 0 Å². The van der Waals surface area contributed by atoms with Crippen LogP contribution in [-0.4, -0.2) is 9.78 Å². The number of nitrogens with zero attached hydrogens (tertiary/aromatic N) is 2. The molecule has 0 aliphatic carbocycles. The smallest absolute Gasteiger partial charge is 0.0742 e. The number of halogens is 1. The highest BCUT2D eigenvalue weighted by Gasteiger charge is 2.04. The van der Waals surface area contributed by atoms with Gasteiger partial charge in [-0.2, -0.15) is 5.10 Å². The molecule has 0 aromatic carbocycles. The summed E-state index contributed by atoms with van der Waals surface area (Å²) in [5.74, 6) is 0. The first-order valence-electron chi connectivity index (χ1n) is 3.00. The Bertz CT molecular complexity index is 263. The molecule has 3 heteroatoms. The van der Waals surface area contributed by atoms with Gasteiger partial charge in [0.25, 0.3) is 0 Å². The molecular formula is C7H9BrN2. The molecule has 1 aromatic rings. The van der Waals surface area contributed by atoms with Crippen molar-refractivity contribution in [3.8, 4) is 0 Å². The summed E-state index contributed by atoms with van der Waals surface area (Å²) >= 11 is 3.41. The Kier molecular flexibility index (Phi) is 1.94. The van der Waals surface area contributed by atoms with Crippen LogP contribution >= 0.6 is 15.9 Å². The van der Waals surface area contributed by atoms with Crippen molar-refractivity contribution in [3.63, 3.8) is 0 Å². The Hall–Kier alpha value is -0.570. The summed E-state index contributed by atoms with van der Waals surface area (Å²) in [5.41, 5.74) is 2.09. The molecule has 0 radical (unpaired) electrons. The molecule has 54 valence electrons. The summed E-state index contributed by atoms with van der Waals surface area (Å²) in [6, 6.07) is 0. The van der Waals surface area contributed by atoms with Crippen molar-refractivity contribution < 1.29 is 0 Å². The van der Waals surface area contributed by atoms with E-state index in [1.54, 1.807) is 10.9 Å². The fourth-order valence-corrected chi connectivity index (χ4v) is 1.08. The lowest BCUT2D eigenvalue weighted by Crippen LogP contribution is -1.89. The van der Waals surface area contributed by atoms with E-state index in [0.717, 1.165) is 15.9 Å². The minimum atomic E-state index is 0.998.